The lowest BCUT2D eigenvalue weighted by molar-refractivity contribution is -0.192. The van der Waals surface area contributed by atoms with Gasteiger partial charge in [-0.1, -0.05) is 0 Å². The smallest absolute Gasteiger partial charge is 0.352 e. The Balaban J connectivity index is 1.84. The van der Waals surface area contributed by atoms with Gasteiger partial charge in [-0.25, -0.2) is 14.6 Å². The number of fused-ring (bicyclic) bond motifs is 1. The Hall–Kier alpha value is -2.90. The summed E-state index contributed by atoms with van der Waals surface area (Å²) in [5.41, 5.74) is 4.07. The third kappa shape index (κ3) is 3.71. The van der Waals surface area contributed by atoms with E-state index in [1.54, 1.807) is 5.38 Å². The molecule has 1 fully saturated rings. The number of thiazole rings is 1. The van der Waals surface area contributed by atoms with E-state index in [2.05, 4.69) is 10.3 Å². The first-order valence-corrected chi connectivity index (χ1v) is 10.0. The van der Waals surface area contributed by atoms with Gasteiger partial charge in [0.05, 0.1) is 12.1 Å². The second-order valence-corrected chi connectivity index (χ2v) is 7.99. The number of aliphatic carboxylic acids is 2. The van der Waals surface area contributed by atoms with Crippen LogP contribution in [0, 0.1) is 0 Å². The molecular weight excluding hydrogens is 424 g/mol. The number of thioether (sulfide) groups is 1. The molecule has 5 N–H and O–H groups in total. The Morgan fingerprint density at radius 3 is 2.76 bits per heavy atom. The second-order valence-electron chi connectivity index (χ2n) is 6.03. The number of hydrogen-bond donors (Lipinski definition) is 4. The van der Waals surface area contributed by atoms with E-state index in [1.165, 1.54) is 18.4 Å². The van der Waals surface area contributed by atoms with E-state index in [0.29, 0.717) is 10.8 Å². The van der Waals surface area contributed by atoms with Crippen LogP contribution in [0.1, 0.15) is 5.69 Å². The molecule has 2 amide bonds. The molecule has 154 valence electrons. The van der Waals surface area contributed by atoms with Crippen LogP contribution >= 0.6 is 23.1 Å². The zero-order chi connectivity index (χ0) is 21.3. The summed E-state index contributed by atoms with van der Waals surface area (Å²) in [6, 6.07) is 0. The zero-order valence-electron chi connectivity index (χ0n) is 14.9. The highest BCUT2D eigenvalue weighted by Crippen LogP contribution is 2.46. The Morgan fingerprint density at radius 1 is 1.48 bits per heavy atom. The van der Waals surface area contributed by atoms with E-state index in [1.807, 2.05) is 0 Å². The first-order valence-electron chi connectivity index (χ1n) is 8.08. The molecule has 1 aromatic rings. The maximum atomic E-state index is 12.8. The van der Waals surface area contributed by atoms with Crippen molar-refractivity contribution in [1.82, 2.24) is 15.2 Å². The van der Waals surface area contributed by atoms with E-state index in [0.717, 1.165) is 28.8 Å². The summed E-state index contributed by atoms with van der Waals surface area (Å²) in [7, 11) is 1.24. The van der Waals surface area contributed by atoms with Gasteiger partial charge in [-0.05, 0) is 11.6 Å². The molecule has 29 heavy (non-hydrogen) atoms. The van der Waals surface area contributed by atoms with Gasteiger partial charge in [0.25, 0.3) is 11.6 Å². The molecule has 0 unspecified atom stereocenters. The van der Waals surface area contributed by atoms with E-state index in [9.17, 15) is 24.3 Å². The number of carbonyl (C=O) groups excluding carboxylic acids is 2. The predicted octanol–water partition coefficient (Wildman–Crippen LogP) is -0.379. The van der Waals surface area contributed by atoms with Crippen LogP contribution in [-0.4, -0.2) is 67.8 Å². The number of anilines is 1. The standard InChI is InChI=1S/C16H16N4O7S2/c1-27-16(19-9(21)4-8-6-29-15(17)18-8)13(26)20-11(12(24)25)7(2-3-10(22)23)5-28-14(16)20/h2-3,6,14H,4-5H2,1H3,(H2,17,18)(H,19,21)(H,22,23)(H,24,25)/t14-,16-/m0/s1. The molecule has 11 nitrogen and oxygen atoms in total. The minimum atomic E-state index is -1.73. The normalized spacial score (nSPS) is 23.7. The molecular formula is C16H16N4O7S2. The van der Waals surface area contributed by atoms with Crippen molar-refractivity contribution in [2.24, 2.45) is 0 Å². The number of aromatic nitrogens is 1. The number of allylic oxidation sites excluding steroid dienone is 1. The molecule has 1 aromatic heterocycles. The molecule has 2 aliphatic rings. The number of carboxylic acid groups (broad SMARTS) is 2. The van der Waals surface area contributed by atoms with Crippen LogP contribution in [-0.2, 0) is 30.3 Å². The molecule has 0 aliphatic carbocycles. The summed E-state index contributed by atoms with van der Waals surface area (Å²) in [5.74, 6) is -3.82. The average Bonchev–Trinajstić information content (AvgIpc) is 3.07. The van der Waals surface area contributed by atoms with Crippen LogP contribution in [0.15, 0.2) is 28.8 Å². The number of ether oxygens (including phenoxy) is 1. The number of hydrogen-bond acceptors (Lipinski definition) is 9. The minimum absolute atomic E-state index is 0.115. The third-order valence-electron chi connectivity index (χ3n) is 4.25. The van der Waals surface area contributed by atoms with Crippen molar-refractivity contribution >= 4 is 52.0 Å². The summed E-state index contributed by atoms with van der Waals surface area (Å²) in [6.07, 6.45) is 1.81. The topological polar surface area (TPSA) is 172 Å². The van der Waals surface area contributed by atoms with Gasteiger partial charge in [0.1, 0.15) is 11.1 Å². The fraction of sp³-hybridized carbons (Fsp3) is 0.312. The van der Waals surface area contributed by atoms with Crippen molar-refractivity contribution < 1.29 is 34.1 Å². The van der Waals surface area contributed by atoms with E-state index < -0.39 is 34.9 Å². The van der Waals surface area contributed by atoms with Gasteiger partial charge in [-0.2, -0.15) is 0 Å². The number of carbonyl (C=O) groups is 4. The number of methoxy groups -OCH3 is 1. The summed E-state index contributed by atoms with van der Waals surface area (Å²) in [4.78, 5) is 52.7. The predicted molar refractivity (Wildman–Crippen MR) is 103 cm³/mol. The maximum Gasteiger partial charge on any atom is 0.352 e. The third-order valence-corrected chi connectivity index (χ3v) is 6.31. The number of nitrogen functional groups attached to an aromatic ring is 1. The fourth-order valence-corrected chi connectivity index (χ4v) is 5.00. The highest BCUT2D eigenvalue weighted by molar-refractivity contribution is 8.00. The van der Waals surface area contributed by atoms with Gasteiger partial charge in [0.2, 0.25) is 5.91 Å². The van der Waals surface area contributed by atoms with Crippen molar-refractivity contribution in [2.75, 3.05) is 18.6 Å². The van der Waals surface area contributed by atoms with Crippen LogP contribution in [0.2, 0.25) is 0 Å². The van der Waals surface area contributed by atoms with Gasteiger partial charge >= 0.3 is 11.9 Å². The molecule has 0 aromatic carbocycles. The average molecular weight is 440 g/mol. The Morgan fingerprint density at radius 2 is 2.21 bits per heavy atom. The number of amides is 2. The molecule has 2 atom stereocenters. The fourth-order valence-electron chi connectivity index (χ4n) is 3.02. The van der Waals surface area contributed by atoms with Crippen LogP contribution in [0.5, 0.6) is 0 Å². The van der Waals surface area contributed by atoms with Crippen LogP contribution in [0.4, 0.5) is 5.13 Å². The molecule has 1 saturated heterocycles. The lowest BCUT2D eigenvalue weighted by Gasteiger charge is -2.55. The minimum Gasteiger partial charge on any atom is -0.478 e. The van der Waals surface area contributed by atoms with Crippen molar-refractivity contribution in [3.63, 3.8) is 0 Å². The molecule has 0 bridgehead atoms. The van der Waals surface area contributed by atoms with E-state index in [-0.39, 0.29) is 23.4 Å². The Labute approximate surface area is 172 Å². The summed E-state index contributed by atoms with van der Waals surface area (Å²) in [6.45, 7) is 0. The maximum absolute atomic E-state index is 12.8. The number of nitrogens with two attached hydrogens (primary N) is 1. The Kier molecular flexibility index (Phi) is 5.64. The summed E-state index contributed by atoms with van der Waals surface area (Å²) >= 11 is 2.32. The van der Waals surface area contributed by atoms with Gasteiger partial charge in [0, 0.05) is 24.3 Å². The van der Waals surface area contributed by atoms with Crippen molar-refractivity contribution in [1.29, 1.82) is 0 Å². The molecule has 0 radical (unpaired) electrons. The zero-order valence-corrected chi connectivity index (χ0v) is 16.6. The van der Waals surface area contributed by atoms with Gasteiger partial charge < -0.3 is 26.0 Å². The molecule has 3 heterocycles. The number of β-lactam (4-membered cyclic amide) rings is 1. The monoisotopic (exact) mass is 440 g/mol. The SMILES string of the molecule is CO[C@@]1(NC(=O)Cc2csc(N)n2)C(=O)N2C(C(=O)O)=C(C=CC(=O)O)CS[C@H]21. The molecule has 0 saturated carbocycles. The van der Waals surface area contributed by atoms with E-state index in [4.69, 9.17) is 15.6 Å². The highest BCUT2D eigenvalue weighted by atomic mass is 32.2. The second kappa shape index (κ2) is 7.85. The van der Waals surface area contributed by atoms with Gasteiger partial charge in [-0.3, -0.25) is 14.5 Å². The van der Waals surface area contributed by atoms with Crippen LogP contribution in [0.25, 0.3) is 0 Å². The quantitative estimate of drug-likeness (QED) is 0.249. The van der Waals surface area contributed by atoms with Crippen molar-refractivity contribution in [3.05, 3.63) is 34.5 Å². The summed E-state index contributed by atoms with van der Waals surface area (Å²) in [5, 5.41) is 22.0. The van der Waals surface area contributed by atoms with Crippen LogP contribution in [0.3, 0.4) is 0 Å². The number of carboxylic acids is 2. The van der Waals surface area contributed by atoms with Crippen molar-refractivity contribution in [2.45, 2.75) is 17.5 Å². The first kappa shape index (κ1) is 20.8. The highest BCUT2D eigenvalue weighted by Gasteiger charge is 2.66. The number of nitrogens with zero attached hydrogens (tertiary/aromatic N) is 2. The van der Waals surface area contributed by atoms with Gasteiger partial charge in [-0.15, -0.1) is 23.1 Å². The molecule has 13 heteroatoms. The number of nitrogens with one attached hydrogen (secondary N) is 1. The van der Waals surface area contributed by atoms with Gasteiger partial charge in [0.15, 0.2) is 5.13 Å². The lowest BCUT2D eigenvalue weighted by Crippen LogP contribution is -2.80. The molecule has 0 spiro atoms. The largest absolute Gasteiger partial charge is 0.478 e. The first-order chi connectivity index (χ1) is 13.7. The summed E-state index contributed by atoms with van der Waals surface area (Å²) < 4.78 is 5.32. The van der Waals surface area contributed by atoms with Crippen LogP contribution < -0.4 is 11.1 Å². The number of rotatable bonds is 7. The lowest BCUT2D eigenvalue weighted by atomic mass is 9.97. The molecule has 3 rings (SSSR count). The Bertz CT molecular complexity index is 957. The molecule has 2 aliphatic heterocycles. The van der Waals surface area contributed by atoms with E-state index >= 15 is 0 Å². The van der Waals surface area contributed by atoms with Crippen molar-refractivity contribution in [3.8, 4) is 0 Å².